The Balaban J connectivity index is 1.73. The van der Waals surface area contributed by atoms with Crippen LogP contribution < -0.4 is 5.73 Å². The third-order valence-electron chi connectivity index (χ3n) is 4.27. The number of hydrogen-bond donors (Lipinski definition) is 1. The van der Waals surface area contributed by atoms with Gasteiger partial charge in [-0.05, 0) is 25.0 Å². The van der Waals surface area contributed by atoms with Gasteiger partial charge < -0.3 is 15.2 Å². The van der Waals surface area contributed by atoms with E-state index in [1.807, 2.05) is 0 Å². The Morgan fingerprint density at radius 1 is 1.28 bits per heavy atom. The van der Waals surface area contributed by atoms with Crippen LogP contribution in [0.1, 0.15) is 34.9 Å². The summed E-state index contributed by atoms with van der Waals surface area (Å²) in [7, 11) is 0. The summed E-state index contributed by atoms with van der Waals surface area (Å²) in [6.45, 7) is 0.965. The molecule has 8 heteroatoms. The van der Waals surface area contributed by atoms with Gasteiger partial charge in [-0.1, -0.05) is 0 Å². The second kappa shape index (κ2) is 7.25. The number of primary amides is 1. The van der Waals surface area contributed by atoms with Crippen LogP contribution in [0, 0.1) is 0 Å². The van der Waals surface area contributed by atoms with Gasteiger partial charge in [-0.25, -0.2) is 4.98 Å². The zero-order valence-electron chi connectivity index (χ0n) is 13.7. The fourth-order valence-corrected chi connectivity index (χ4v) is 3.12. The van der Waals surface area contributed by atoms with Crippen molar-refractivity contribution in [3.05, 3.63) is 48.3 Å². The molecule has 0 unspecified atom stereocenters. The summed E-state index contributed by atoms with van der Waals surface area (Å²) in [5, 5.41) is 0. The second-order valence-corrected chi connectivity index (χ2v) is 6.04. The van der Waals surface area contributed by atoms with Crippen molar-refractivity contribution < 1.29 is 14.4 Å². The molecule has 3 rings (SSSR count). The molecule has 2 aromatic heterocycles. The van der Waals surface area contributed by atoms with Gasteiger partial charge in [0.2, 0.25) is 5.91 Å². The van der Waals surface area contributed by atoms with E-state index in [0.29, 0.717) is 18.9 Å². The minimum absolute atomic E-state index is 0.0336. The Hall–Kier alpha value is -3.03. The molecule has 0 bridgehead atoms. The molecule has 1 aliphatic heterocycles. The zero-order valence-corrected chi connectivity index (χ0v) is 13.7. The van der Waals surface area contributed by atoms with Gasteiger partial charge in [0.1, 0.15) is 12.4 Å². The lowest BCUT2D eigenvalue weighted by molar-refractivity contribution is -0.127. The zero-order chi connectivity index (χ0) is 17.8. The third-order valence-corrected chi connectivity index (χ3v) is 4.27. The van der Waals surface area contributed by atoms with Gasteiger partial charge in [0, 0.05) is 49.4 Å². The van der Waals surface area contributed by atoms with Gasteiger partial charge in [-0.3, -0.25) is 19.4 Å². The topological polar surface area (TPSA) is 111 Å². The first-order valence-corrected chi connectivity index (χ1v) is 8.09. The van der Waals surface area contributed by atoms with E-state index >= 15 is 0 Å². The van der Waals surface area contributed by atoms with Gasteiger partial charge in [0.25, 0.3) is 11.7 Å². The van der Waals surface area contributed by atoms with Crippen molar-refractivity contribution in [2.24, 2.45) is 5.73 Å². The molecule has 0 aromatic carbocycles. The summed E-state index contributed by atoms with van der Waals surface area (Å²) < 4.78 is 1.70. The number of nitrogens with zero attached hydrogens (tertiary/aromatic N) is 4. The highest BCUT2D eigenvalue weighted by molar-refractivity contribution is 6.42. The Bertz CT molecular complexity index is 787. The molecular weight excluding hydrogens is 322 g/mol. The molecule has 0 spiro atoms. The molecule has 2 aromatic rings. The average Bonchev–Trinajstić information content (AvgIpc) is 3.08. The van der Waals surface area contributed by atoms with Crippen molar-refractivity contribution >= 4 is 17.6 Å². The standard InChI is InChI=1S/C17H19N5O3/c18-14(23)11-21-8-6-20-16(21)13-4-2-7-22(10-13)17(25)15(24)12-3-1-5-19-9-12/h1,3,5-6,8-9,13H,2,4,7,10-11H2,(H2,18,23)/t13-/m1/s1. The fraction of sp³-hybridized carbons (Fsp3) is 0.353. The lowest BCUT2D eigenvalue weighted by Gasteiger charge is -2.32. The number of carbonyl (C=O) groups is 3. The number of piperidine rings is 1. The molecule has 1 aliphatic rings. The molecule has 0 radical (unpaired) electrons. The molecule has 2 amide bonds. The molecule has 1 atom stereocenters. The number of pyridine rings is 1. The first-order chi connectivity index (χ1) is 12.1. The number of rotatable bonds is 5. The van der Waals surface area contributed by atoms with Crippen LogP contribution in [-0.2, 0) is 16.1 Å². The van der Waals surface area contributed by atoms with Crippen LogP contribution in [0.25, 0.3) is 0 Å². The Kier molecular flexibility index (Phi) is 4.87. The maximum Gasteiger partial charge on any atom is 0.295 e. The van der Waals surface area contributed by atoms with Gasteiger partial charge in [0.15, 0.2) is 0 Å². The van der Waals surface area contributed by atoms with Crippen molar-refractivity contribution in [1.82, 2.24) is 19.4 Å². The van der Waals surface area contributed by atoms with Crippen LogP contribution in [0.15, 0.2) is 36.9 Å². The Morgan fingerprint density at radius 2 is 2.12 bits per heavy atom. The van der Waals surface area contributed by atoms with Crippen LogP contribution in [0.2, 0.25) is 0 Å². The highest BCUT2D eigenvalue weighted by atomic mass is 16.2. The van der Waals surface area contributed by atoms with Gasteiger partial charge >= 0.3 is 0 Å². The number of likely N-dealkylation sites (tertiary alicyclic amines) is 1. The monoisotopic (exact) mass is 341 g/mol. The highest BCUT2D eigenvalue weighted by Gasteiger charge is 2.31. The first kappa shape index (κ1) is 16.8. The molecule has 25 heavy (non-hydrogen) atoms. The largest absolute Gasteiger partial charge is 0.368 e. The molecule has 1 saturated heterocycles. The Labute approximate surface area is 144 Å². The molecule has 0 aliphatic carbocycles. The number of hydrogen-bond acceptors (Lipinski definition) is 5. The van der Waals surface area contributed by atoms with E-state index in [2.05, 4.69) is 9.97 Å². The number of carbonyl (C=O) groups excluding carboxylic acids is 3. The minimum Gasteiger partial charge on any atom is -0.368 e. The van der Waals surface area contributed by atoms with E-state index < -0.39 is 17.6 Å². The molecule has 0 saturated carbocycles. The molecule has 8 nitrogen and oxygen atoms in total. The van der Waals surface area contributed by atoms with Gasteiger partial charge in [0.05, 0.1) is 0 Å². The van der Waals surface area contributed by atoms with E-state index in [1.54, 1.807) is 40.2 Å². The predicted molar refractivity (Wildman–Crippen MR) is 88.5 cm³/mol. The number of imidazole rings is 1. The summed E-state index contributed by atoms with van der Waals surface area (Å²) in [6.07, 6.45) is 7.85. The summed E-state index contributed by atoms with van der Waals surface area (Å²) in [5.74, 6) is -0.867. The summed E-state index contributed by atoms with van der Waals surface area (Å²) in [6, 6.07) is 3.20. The maximum atomic E-state index is 12.5. The highest BCUT2D eigenvalue weighted by Crippen LogP contribution is 2.26. The lowest BCUT2D eigenvalue weighted by Crippen LogP contribution is -2.43. The van der Waals surface area contributed by atoms with E-state index in [9.17, 15) is 14.4 Å². The predicted octanol–water partition coefficient (Wildman–Crippen LogP) is 0.352. The number of Topliss-reactive ketones (excluding diaryl/α,β-unsaturated/α-hetero) is 1. The average molecular weight is 341 g/mol. The lowest BCUT2D eigenvalue weighted by atomic mass is 9.96. The van der Waals surface area contributed by atoms with Crippen molar-refractivity contribution in [3.8, 4) is 0 Å². The van der Waals surface area contributed by atoms with Crippen LogP contribution in [0.5, 0.6) is 0 Å². The van der Waals surface area contributed by atoms with Crippen LogP contribution >= 0.6 is 0 Å². The van der Waals surface area contributed by atoms with Crippen LogP contribution in [-0.4, -0.2) is 50.1 Å². The van der Waals surface area contributed by atoms with Crippen molar-refractivity contribution in [1.29, 1.82) is 0 Å². The maximum absolute atomic E-state index is 12.5. The van der Waals surface area contributed by atoms with Crippen LogP contribution in [0.3, 0.4) is 0 Å². The fourth-order valence-electron chi connectivity index (χ4n) is 3.12. The molecular formula is C17H19N5O3. The smallest absolute Gasteiger partial charge is 0.295 e. The summed E-state index contributed by atoms with van der Waals surface area (Å²) >= 11 is 0. The van der Waals surface area contributed by atoms with E-state index in [0.717, 1.165) is 12.8 Å². The van der Waals surface area contributed by atoms with E-state index in [1.165, 1.54) is 6.20 Å². The SMILES string of the molecule is NC(=O)Cn1ccnc1[C@@H]1CCCN(C(=O)C(=O)c2cccnc2)C1. The third kappa shape index (κ3) is 3.73. The number of nitrogens with two attached hydrogens (primary N) is 1. The molecule has 2 N–H and O–H groups in total. The number of ketones is 1. The molecule has 1 fully saturated rings. The van der Waals surface area contributed by atoms with E-state index in [4.69, 9.17) is 5.73 Å². The van der Waals surface area contributed by atoms with Crippen LogP contribution in [0.4, 0.5) is 0 Å². The number of aromatic nitrogens is 3. The number of amides is 2. The second-order valence-electron chi connectivity index (χ2n) is 6.04. The van der Waals surface area contributed by atoms with Gasteiger partial charge in [-0.2, -0.15) is 0 Å². The van der Waals surface area contributed by atoms with Gasteiger partial charge in [-0.15, -0.1) is 0 Å². The Morgan fingerprint density at radius 3 is 2.84 bits per heavy atom. The summed E-state index contributed by atoms with van der Waals surface area (Å²) in [5.41, 5.74) is 5.54. The summed E-state index contributed by atoms with van der Waals surface area (Å²) in [4.78, 5) is 45.8. The van der Waals surface area contributed by atoms with Crippen molar-refractivity contribution in [2.75, 3.05) is 13.1 Å². The molecule has 3 heterocycles. The minimum atomic E-state index is -0.561. The quantitative estimate of drug-likeness (QED) is 0.623. The van der Waals surface area contributed by atoms with E-state index in [-0.39, 0.29) is 18.0 Å². The molecule has 130 valence electrons. The normalized spacial score (nSPS) is 17.3. The van der Waals surface area contributed by atoms with Crippen molar-refractivity contribution in [2.45, 2.75) is 25.3 Å². The first-order valence-electron chi connectivity index (χ1n) is 8.09. The van der Waals surface area contributed by atoms with Crippen molar-refractivity contribution in [3.63, 3.8) is 0 Å².